The summed E-state index contributed by atoms with van der Waals surface area (Å²) in [7, 11) is 0. The topological polar surface area (TPSA) is 52.3 Å². The van der Waals surface area contributed by atoms with Gasteiger partial charge in [-0.2, -0.15) is 0 Å². The van der Waals surface area contributed by atoms with E-state index in [0.717, 1.165) is 32.1 Å². The molecule has 0 aromatic carbocycles. The average molecular weight is 169 g/mol. The second-order valence-corrected chi connectivity index (χ2v) is 3.04. The molecule has 2 N–H and O–H groups in total. The van der Waals surface area contributed by atoms with Gasteiger partial charge in [-0.3, -0.25) is 0 Å². The normalized spacial score (nSPS) is 26.8. The minimum absolute atomic E-state index is 0.0347. The Bertz CT molecular complexity index is 177. The molecule has 12 heavy (non-hydrogen) atoms. The quantitative estimate of drug-likeness (QED) is 0.610. The fourth-order valence-corrected chi connectivity index (χ4v) is 1.41. The number of carbonyl (C=O) groups is 1. The molecule has 0 spiro atoms. The summed E-state index contributed by atoms with van der Waals surface area (Å²) in [5.41, 5.74) is 4.93. The Morgan fingerprint density at radius 2 is 2.08 bits per heavy atom. The molecule has 0 bridgehead atoms. The second kappa shape index (κ2) is 4.80. The molecule has 0 aliphatic heterocycles. The third-order valence-electron chi connectivity index (χ3n) is 2.00. The number of hydrogen-bond acceptors (Lipinski definition) is 2. The molecular formula is C9H15NO2. The molecule has 3 heteroatoms. The first-order valence-electron chi connectivity index (χ1n) is 4.40. The molecule has 0 unspecified atom stereocenters. The van der Waals surface area contributed by atoms with E-state index >= 15 is 0 Å². The number of amides is 1. The van der Waals surface area contributed by atoms with Crippen molar-refractivity contribution in [2.24, 2.45) is 5.73 Å². The first-order valence-corrected chi connectivity index (χ1v) is 4.40. The van der Waals surface area contributed by atoms with Crippen molar-refractivity contribution in [1.29, 1.82) is 0 Å². The summed E-state index contributed by atoms with van der Waals surface area (Å²) in [6, 6.07) is 0. The van der Waals surface area contributed by atoms with Crippen LogP contribution in [0.4, 0.5) is 4.79 Å². The fourth-order valence-electron chi connectivity index (χ4n) is 1.41. The summed E-state index contributed by atoms with van der Waals surface area (Å²) in [5, 5.41) is 0. The Morgan fingerprint density at radius 1 is 1.33 bits per heavy atom. The van der Waals surface area contributed by atoms with Crippen LogP contribution in [-0.2, 0) is 4.74 Å². The molecule has 0 aromatic rings. The first kappa shape index (κ1) is 9.10. The second-order valence-electron chi connectivity index (χ2n) is 3.04. The van der Waals surface area contributed by atoms with Gasteiger partial charge in [-0.1, -0.05) is 12.2 Å². The van der Waals surface area contributed by atoms with E-state index < -0.39 is 6.09 Å². The van der Waals surface area contributed by atoms with Gasteiger partial charge >= 0.3 is 6.09 Å². The lowest BCUT2D eigenvalue weighted by Crippen LogP contribution is -2.22. The predicted molar refractivity (Wildman–Crippen MR) is 46.7 cm³/mol. The van der Waals surface area contributed by atoms with Crippen molar-refractivity contribution in [2.45, 2.75) is 38.2 Å². The molecule has 0 radical (unpaired) electrons. The van der Waals surface area contributed by atoms with E-state index in [1.54, 1.807) is 0 Å². The van der Waals surface area contributed by atoms with Crippen molar-refractivity contribution >= 4 is 6.09 Å². The maximum atomic E-state index is 10.4. The summed E-state index contributed by atoms with van der Waals surface area (Å²) in [6.07, 6.45) is 8.69. The Labute approximate surface area is 72.6 Å². The van der Waals surface area contributed by atoms with Crippen molar-refractivity contribution in [1.82, 2.24) is 0 Å². The van der Waals surface area contributed by atoms with Crippen LogP contribution in [0.5, 0.6) is 0 Å². The highest BCUT2D eigenvalue weighted by atomic mass is 16.6. The molecule has 0 saturated heterocycles. The van der Waals surface area contributed by atoms with Crippen molar-refractivity contribution in [3.8, 4) is 0 Å². The minimum atomic E-state index is -0.649. The van der Waals surface area contributed by atoms with Crippen molar-refractivity contribution < 1.29 is 9.53 Å². The Morgan fingerprint density at radius 3 is 2.83 bits per heavy atom. The Balaban J connectivity index is 2.32. The van der Waals surface area contributed by atoms with Crippen molar-refractivity contribution in [3.05, 3.63) is 12.2 Å². The lowest BCUT2D eigenvalue weighted by Gasteiger charge is -2.16. The SMILES string of the molecule is NC(=O)O[C@@H]1CC/C=C\CCC1. The minimum Gasteiger partial charge on any atom is -0.446 e. The number of ether oxygens (including phenoxy) is 1. The zero-order valence-electron chi connectivity index (χ0n) is 7.16. The zero-order valence-corrected chi connectivity index (χ0v) is 7.16. The van der Waals surface area contributed by atoms with Gasteiger partial charge in [-0.15, -0.1) is 0 Å². The average Bonchev–Trinajstić information content (AvgIpc) is 1.93. The van der Waals surface area contributed by atoms with Crippen molar-refractivity contribution in [3.63, 3.8) is 0 Å². The third kappa shape index (κ3) is 3.42. The molecule has 1 amide bonds. The van der Waals surface area contributed by atoms with E-state index in [9.17, 15) is 4.79 Å². The highest BCUT2D eigenvalue weighted by molar-refractivity contribution is 5.64. The van der Waals surface area contributed by atoms with Gasteiger partial charge in [0, 0.05) is 0 Å². The van der Waals surface area contributed by atoms with Gasteiger partial charge in [0.2, 0.25) is 0 Å². The Hall–Kier alpha value is -0.990. The van der Waals surface area contributed by atoms with E-state index in [4.69, 9.17) is 10.5 Å². The van der Waals surface area contributed by atoms with Gasteiger partial charge in [0.05, 0.1) is 0 Å². The molecule has 0 heterocycles. The Kier molecular flexibility index (Phi) is 3.64. The van der Waals surface area contributed by atoms with Crippen LogP contribution in [0.1, 0.15) is 32.1 Å². The fraction of sp³-hybridized carbons (Fsp3) is 0.667. The summed E-state index contributed by atoms with van der Waals surface area (Å²) >= 11 is 0. The first-order chi connectivity index (χ1) is 5.79. The van der Waals surface area contributed by atoms with E-state index in [-0.39, 0.29) is 6.10 Å². The molecule has 3 nitrogen and oxygen atoms in total. The van der Waals surface area contributed by atoms with Crippen LogP contribution in [0.25, 0.3) is 0 Å². The number of allylic oxidation sites excluding steroid dienone is 2. The molecule has 1 atom stereocenters. The maximum absolute atomic E-state index is 10.4. The molecule has 1 aliphatic rings. The molecular weight excluding hydrogens is 154 g/mol. The van der Waals surface area contributed by atoms with Gasteiger partial charge in [-0.05, 0) is 32.1 Å². The highest BCUT2D eigenvalue weighted by Gasteiger charge is 2.11. The van der Waals surface area contributed by atoms with E-state index in [2.05, 4.69) is 12.2 Å². The smallest absolute Gasteiger partial charge is 0.404 e. The van der Waals surface area contributed by atoms with Crippen LogP contribution in [-0.4, -0.2) is 12.2 Å². The van der Waals surface area contributed by atoms with Crippen LogP contribution in [0.15, 0.2) is 12.2 Å². The molecule has 0 fully saturated rings. The summed E-state index contributed by atoms with van der Waals surface area (Å²) in [4.78, 5) is 10.4. The highest BCUT2D eigenvalue weighted by Crippen LogP contribution is 2.14. The summed E-state index contributed by atoms with van der Waals surface area (Å²) in [6.45, 7) is 0. The standard InChI is InChI=1S/C9H15NO2/c10-9(11)12-8-6-4-2-1-3-5-7-8/h1-2,8H,3-7H2,(H2,10,11)/b2-1-/t8-/m1/s1. The van der Waals surface area contributed by atoms with Gasteiger partial charge in [0.25, 0.3) is 0 Å². The maximum Gasteiger partial charge on any atom is 0.404 e. The number of nitrogens with two attached hydrogens (primary N) is 1. The van der Waals surface area contributed by atoms with Gasteiger partial charge < -0.3 is 10.5 Å². The monoisotopic (exact) mass is 169 g/mol. The van der Waals surface area contributed by atoms with Crippen LogP contribution in [0.2, 0.25) is 0 Å². The van der Waals surface area contributed by atoms with E-state index in [1.807, 2.05) is 0 Å². The zero-order chi connectivity index (χ0) is 8.81. The van der Waals surface area contributed by atoms with Gasteiger partial charge in [0.15, 0.2) is 0 Å². The summed E-state index contributed by atoms with van der Waals surface area (Å²) < 4.78 is 4.93. The van der Waals surface area contributed by atoms with E-state index in [0.29, 0.717) is 0 Å². The lowest BCUT2D eigenvalue weighted by molar-refractivity contribution is 0.0946. The van der Waals surface area contributed by atoms with Crippen LogP contribution in [0.3, 0.4) is 0 Å². The van der Waals surface area contributed by atoms with Gasteiger partial charge in [-0.25, -0.2) is 4.79 Å². The number of hydrogen-bond donors (Lipinski definition) is 1. The largest absolute Gasteiger partial charge is 0.446 e. The molecule has 0 aromatic heterocycles. The van der Waals surface area contributed by atoms with Crippen LogP contribution in [0, 0.1) is 0 Å². The lowest BCUT2D eigenvalue weighted by atomic mass is 10.0. The van der Waals surface area contributed by atoms with Crippen molar-refractivity contribution in [2.75, 3.05) is 0 Å². The molecule has 1 rings (SSSR count). The van der Waals surface area contributed by atoms with Crippen LogP contribution < -0.4 is 5.73 Å². The molecule has 0 saturated carbocycles. The van der Waals surface area contributed by atoms with Crippen LogP contribution >= 0.6 is 0 Å². The van der Waals surface area contributed by atoms with Gasteiger partial charge in [0.1, 0.15) is 6.10 Å². The molecule has 1 aliphatic carbocycles. The molecule has 68 valence electrons. The van der Waals surface area contributed by atoms with E-state index in [1.165, 1.54) is 0 Å². The number of primary amides is 1. The third-order valence-corrected chi connectivity index (χ3v) is 2.00. The summed E-state index contributed by atoms with van der Waals surface area (Å²) in [5.74, 6) is 0. The number of carbonyl (C=O) groups excluding carboxylic acids is 1. The predicted octanol–water partition coefficient (Wildman–Crippen LogP) is 1.97. The number of rotatable bonds is 1.